The molecule has 66 heavy (non-hydrogen) atoms. The second-order valence-electron chi connectivity index (χ2n) is 17.3. The quantitative estimate of drug-likeness (QED) is 0.0245. The van der Waals surface area contributed by atoms with Crippen LogP contribution >= 0.6 is 0 Å². The Morgan fingerprint density at radius 2 is 0.924 bits per heavy atom. The minimum absolute atomic E-state index is 0.0670. The van der Waals surface area contributed by atoms with Crippen molar-refractivity contribution in [1.82, 2.24) is 5.32 Å². The van der Waals surface area contributed by atoms with E-state index in [4.69, 9.17) is 4.74 Å². The van der Waals surface area contributed by atoms with Crippen molar-refractivity contribution in [3.8, 4) is 0 Å². The van der Waals surface area contributed by atoms with E-state index < -0.39 is 18.2 Å². The fourth-order valence-corrected chi connectivity index (χ4v) is 7.10. The van der Waals surface area contributed by atoms with Crippen molar-refractivity contribution in [2.24, 2.45) is 0 Å². The summed E-state index contributed by atoms with van der Waals surface area (Å²) in [6, 6.07) is -0.758. The fourth-order valence-electron chi connectivity index (χ4n) is 7.10. The molecule has 3 N–H and O–H groups in total. The minimum atomic E-state index is -0.833. The number of carbonyl (C=O) groups excluding carboxylic acids is 2. The van der Waals surface area contributed by atoms with E-state index in [1.165, 1.54) is 64.2 Å². The van der Waals surface area contributed by atoms with E-state index in [0.29, 0.717) is 19.3 Å². The number of amides is 1. The number of rotatable bonds is 45. The van der Waals surface area contributed by atoms with E-state index in [1.54, 1.807) is 6.08 Å². The summed E-state index contributed by atoms with van der Waals surface area (Å²) in [7, 11) is 0. The third-order valence-corrected chi connectivity index (χ3v) is 11.1. The standard InChI is InChI=1S/C60H97NO5/c1-4-7-10-13-16-19-22-25-27-29-31-33-35-38-41-44-47-50-53-60(65)66-56(51-48-45-42-39-36-34-32-30-28-26-23-20-17-14-11-8-5-2)54-59(64)61-57(55-62)58(63)52-49-46-43-40-37-24-21-18-15-12-9-6-3/h8,10-11,13,16-17,19-20,22,25-29,31-34,39,42,48,51,56-58,62-63H,4-7,9,12,14-15,18,21,23-24,30,35-38,40-41,43-47,49-50,52-55H2,1-3H3,(H,61,64)/b11-8-,13-10+,19-16+,20-17-,25-22+,28-26-,29-27+,33-31+,34-32-,42-39-,51-48-. The Labute approximate surface area is 405 Å². The van der Waals surface area contributed by atoms with Gasteiger partial charge in [0, 0.05) is 6.42 Å². The molecule has 1 amide bonds. The van der Waals surface area contributed by atoms with Gasteiger partial charge in [-0.1, -0.05) is 251 Å². The lowest BCUT2D eigenvalue weighted by Crippen LogP contribution is -2.46. The van der Waals surface area contributed by atoms with Crippen LogP contribution in [0.4, 0.5) is 0 Å². The minimum Gasteiger partial charge on any atom is -0.458 e. The van der Waals surface area contributed by atoms with Crippen LogP contribution < -0.4 is 5.32 Å². The first-order chi connectivity index (χ1) is 32.5. The first kappa shape index (κ1) is 62.0. The number of esters is 1. The summed E-state index contributed by atoms with van der Waals surface area (Å²) in [5.74, 6) is -0.672. The molecule has 6 heteroatoms. The highest BCUT2D eigenvalue weighted by Crippen LogP contribution is 2.15. The topological polar surface area (TPSA) is 95.9 Å². The first-order valence-corrected chi connectivity index (χ1v) is 26.5. The zero-order valence-corrected chi connectivity index (χ0v) is 42.3. The van der Waals surface area contributed by atoms with Crippen LogP contribution in [-0.2, 0) is 14.3 Å². The van der Waals surface area contributed by atoms with Gasteiger partial charge in [-0.25, -0.2) is 0 Å². The van der Waals surface area contributed by atoms with Crippen molar-refractivity contribution in [2.75, 3.05) is 6.61 Å². The molecule has 6 nitrogen and oxygen atoms in total. The maximum absolute atomic E-state index is 13.2. The summed E-state index contributed by atoms with van der Waals surface area (Å²) < 4.78 is 5.82. The molecule has 3 atom stereocenters. The lowest BCUT2D eigenvalue weighted by molar-refractivity contribution is -0.148. The number of nitrogens with one attached hydrogen (secondary N) is 1. The molecule has 372 valence electrons. The van der Waals surface area contributed by atoms with Crippen LogP contribution in [0.25, 0.3) is 0 Å². The highest BCUT2D eigenvalue weighted by Gasteiger charge is 2.23. The normalized spacial score (nSPS) is 14.3. The molecule has 0 bridgehead atoms. The Balaban J connectivity index is 4.85. The average molecular weight is 912 g/mol. The van der Waals surface area contributed by atoms with Gasteiger partial charge in [-0.05, 0) is 76.7 Å². The number of ether oxygens (including phenoxy) is 1. The molecule has 0 aromatic rings. The maximum atomic E-state index is 13.2. The highest BCUT2D eigenvalue weighted by molar-refractivity contribution is 5.78. The van der Waals surface area contributed by atoms with Gasteiger partial charge in [0.25, 0.3) is 0 Å². The van der Waals surface area contributed by atoms with Gasteiger partial charge in [-0.15, -0.1) is 0 Å². The molecule has 0 radical (unpaired) electrons. The average Bonchev–Trinajstić information content (AvgIpc) is 3.31. The van der Waals surface area contributed by atoms with E-state index in [9.17, 15) is 19.8 Å². The summed E-state index contributed by atoms with van der Waals surface area (Å²) in [6.45, 7) is 6.22. The number of carbonyl (C=O) groups is 2. The predicted octanol–water partition coefficient (Wildman–Crippen LogP) is 16.2. The molecule has 3 unspecified atom stereocenters. The number of hydrogen-bond acceptors (Lipinski definition) is 5. The van der Waals surface area contributed by atoms with Crippen LogP contribution in [0.1, 0.15) is 207 Å². The Kier molecular flexibility index (Phi) is 48.8. The van der Waals surface area contributed by atoms with Gasteiger partial charge in [-0.3, -0.25) is 9.59 Å². The monoisotopic (exact) mass is 912 g/mol. The number of unbranched alkanes of at least 4 members (excludes halogenated alkanes) is 17. The summed E-state index contributed by atoms with van der Waals surface area (Å²) in [4.78, 5) is 26.1. The molecule has 0 aliphatic carbocycles. The third-order valence-electron chi connectivity index (χ3n) is 11.1. The molecule has 0 saturated carbocycles. The van der Waals surface area contributed by atoms with Gasteiger partial charge >= 0.3 is 5.97 Å². The van der Waals surface area contributed by atoms with E-state index >= 15 is 0 Å². The smallest absolute Gasteiger partial charge is 0.306 e. The van der Waals surface area contributed by atoms with Crippen molar-refractivity contribution in [3.63, 3.8) is 0 Å². The maximum Gasteiger partial charge on any atom is 0.306 e. The fraction of sp³-hybridized carbons (Fsp3) is 0.600. The van der Waals surface area contributed by atoms with Crippen LogP contribution in [0, 0.1) is 0 Å². The van der Waals surface area contributed by atoms with Crippen molar-refractivity contribution in [2.45, 2.75) is 225 Å². The Hall–Kier alpha value is -4.00. The molecule has 0 aliphatic heterocycles. The molecule has 0 saturated heterocycles. The zero-order valence-electron chi connectivity index (χ0n) is 42.3. The van der Waals surface area contributed by atoms with Gasteiger partial charge in [-0.2, -0.15) is 0 Å². The Morgan fingerprint density at radius 3 is 1.42 bits per heavy atom. The summed E-state index contributed by atoms with van der Waals surface area (Å²) in [5.41, 5.74) is 0. The molecule has 0 fully saturated rings. The van der Waals surface area contributed by atoms with Gasteiger partial charge < -0.3 is 20.3 Å². The largest absolute Gasteiger partial charge is 0.458 e. The van der Waals surface area contributed by atoms with E-state index in [1.807, 2.05) is 36.5 Å². The zero-order chi connectivity index (χ0) is 48.1. The van der Waals surface area contributed by atoms with Gasteiger partial charge in [0.1, 0.15) is 6.10 Å². The third kappa shape index (κ3) is 46.5. The van der Waals surface area contributed by atoms with Crippen LogP contribution in [0.2, 0.25) is 0 Å². The molecular weight excluding hydrogens is 815 g/mol. The molecular formula is C60H97NO5. The van der Waals surface area contributed by atoms with Crippen LogP contribution in [0.3, 0.4) is 0 Å². The molecule has 0 spiro atoms. The van der Waals surface area contributed by atoms with Crippen molar-refractivity contribution in [3.05, 3.63) is 134 Å². The number of allylic oxidation sites excluding steroid dienone is 21. The van der Waals surface area contributed by atoms with Gasteiger partial charge in [0.2, 0.25) is 5.91 Å². The Bertz CT molecular complexity index is 1440. The van der Waals surface area contributed by atoms with Crippen LogP contribution in [0.5, 0.6) is 0 Å². The molecule has 0 rings (SSSR count). The molecule has 0 aliphatic rings. The van der Waals surface area contributed by atoms with Crippen molar-refractivity contribution in [1.29, 1.82) is 0 Å². The van der Waals surface area contributed by atoms with E-state index in [0.717, 1.165) is 96.3 Å². The predicted molar refractivity (Wildman–Crippen MR) is 286 cm³/mol. The number of aliphatic hydroxyl groups excluding tert-OH is 2. The highest BCUT2D eigenvalue weighted by atomic mass is 16.5. The van der Waals surface area contributed by atoms with Crippen LogP contribution in [-0.4, -0.2) is 46.9 Å². The van der Waals surface area contributed by atoms with E-state index in [2.05, 4.69) is 117 Å². The van der Waals surface area contributed by atoms with E-state index in [-0.39, 0.29) is 24.9 Å². The lowest BCUT2D eigenvalue weighted by atomic mass is 10.0. The second kappa shape index (κ2) is 52.0. The van der Waals surface area contributed by atoms with Gasteiger partial charge in [0.05, 0.1) is 25.2 Å². The summed E-state index contributed by atoms with van der Waals surface area (Å²) in [6.07, 6.45) is 73.9. The lowest BCUT2D eigenvalue weighted by Gasteiger charge is -2.23. The second-order valence-corrected chi connectivity index (χ2v) is 17.3. The van der Waals surface area contributed by atoms with Crippen LogP contribution in [0.15, 0.2) is 134 Å². The number of hydrogen-bond donors (Lipinski definition) is 3. The number of aliphatic hydroxyl groups is 2. The SMILES string of the molecule is CC/C=C\C/C=C\C/C=C\C/C=C\C/C=C\C/C=C\C(CC(=O)NC(CO)C(O)CCCCCCCCCCCCCC)OC(=O)CCCCCCC/C=C/C=C/C=C/C=C/C=C/CCC. The molecule has 0 aromatic heterocycles. The van der Waals surface area contributed by atoms with Crippen molar-refractivity contribution < 1.29 is 24.5 Å². The van der Waals surface area contributed by atoms with Crippen molar-refractivity contribution >= 4 is 11.9 Å². The summed E-state index contributed by atoms with van der Waals surface area (Å²) >= 11 is 0. The molecule has 0 aromatic carbocycles. The summed E-state index contributed by atoms with van der Waals surface area (Å²) in [5, 5.41) is 23.7. The molecule has 0 heterocycles. The van der Waals surface area contributed by atoms with Gasteiger partial charge in [0.15, 0.2) is 0 Å². The Morgan fingerprint density at radius 1 is 0.485 bits per heavy atom. The first-order valence-electron chi connectivity index (χ1n) is 26.5.